The third-order valence-corrected chi connectivity index (χ3v) is 7.14. The highest BCUT2D eigenvalue weighted by Gasteiger charge is 2.25. The largest absolute Gasteiger partial charge is 0.347 e. The summed E-state index contributed by atoms with van der Waals surface area (Å²) < 4.78 is 27.6. The minimum atomic E-state index is -3.72. The highest BCUT2D eigenvalue weighted by Crippen LogP contribution is 2.23. The van der Waals surface area contributed by atoms with Crippen molar-refractivity contribution in [1.29, 1.82) is 0 Å². The summed E-state index contributed by atoms with van der Waals surface area (Å²) in [6.45, 7) is 1.90. The molecular formula is C15H20ClN3O3S3. The van der Waals surface area contributed by atoms with Crippen LogP contribution in [0.25, 0.3) is 0 Å². The number of carbonyl (C=O) groups excluding carboxylic acids is 1. The minimum Gasteiger partial charge on any atom is -0.347 e. The molecule has 0 radical (unpaired) electrons. The molecule has 2 aromatic heterocycles. The predicted octanol–water partition coefficient (Wildman–Crippen LogP) is 2.19. The van der Waals surface area contributed by atoms with E-state index in [1.165, 1.54) is 17.4 Å². The molecule has 138 valence electrons. The van der Waals surface area contributed by atoms with Crippen LogP contribution < -0.4 is 15.4 Å². The van der Waals surface area contributed by atoms with Crippen molar-refractivity contribution in [2.45, 2.75) is 30.3 Å². The van der Waals surface area contributed by atoms with E-state index in [9.17, 15) is 13.2 Å². The molecular weight excluding hydrogens is 402 g/mol. The molecule has 1 aliphatic rings. The third kappa shape index (κ3) is 5.25. The first kappa shape index (κ1) is 20.3. The number of piperidine rings is 1. The van der Waals surface area contributed by atoms with Gasteiger partial charge in [-0.3, -0.25) is 4.79 Å². The van der Waals surface area contributed by atoms with Gasteiger partial charge in [-0.05, 0) is 42.3 Å². The summed E-state index contributed by atoms with van der Waals surface area (Å²) >= 11 is 2.63. The van der Waals surface area contributed by atoms with Gasteiger partial charge < -0.3 is 10.6 Å². The van der Waals surface area contributed by atoms with Crippen molar-refractivity contribution in [1.82, 2.24) is 15.4 Å². The molecule has 0 spiro atoms. The molecule has 1 aliphatic heterocycles. The fraction of sp³-hybridized carbons (Fsp3) is 0.400. The number of hydrogen-bond donors (Lipinski definition) is 3. The Morgan fingerprint density at radius 1 is 1.28 bits per heavy atom. The highest BCUT2D eigenvalue weighted by atomic mass is 35.5. The first-order valence-corrected chi connectivity index (χ1v) is 10.9. The van der Waals surface area contributed by atoms with E-state index in [2.05, 4.69) is 15.4 Å². The summed E-state index contributed by atoms with van der Waals surface area (Å²) in [6, 6.07) is 5.26. The number of rotatable bonds is 6. The molecule has 1 atom stereocenters. The van der Waals surface area contributed by atoms with Crippen LogP contribution in [-0.4, -0.2) is 33.5 Å². The van der Waals surface area contributed by atoms with Crippen LogP contribution in [0.1, 0.15) is 27.4 Å². The fourth-order valence-electron chi connectivity index (χ4n) is 2.56. The van der Waals surface area contributed by atoms with E-state index in [-0.39, 0.29) is 40.7 Å². The third-order valence-electron chi connectivity index (χ3n) is 3.77. The van der Waals surface area contributed by atoms with Crippen molar-refractivity contribution in [3.8, 4) is 0 Å². The van der Waals surface area contributed by atoms with E-state index >= 15 is 0 Å². The van der Waals surface area contributed by atoms with Gasteiger partial charge in [0.1, 0.15) is 9.77 Å². The maximum absolute atomic E-state index is 12.5. The van der Waals surface area contributed by atoms with Crippen LogP contribution in [0.4, 0.5) is 0 Å². The zero-order valence-electron chi connectivity index (χ0n) is 13.4. The topological polar surface area (TPSA) is 87.3 Å². The summed E-state index contributed by atoms with van der Waals surface area (Å²) in [7, 11) is -3.72. The van der Waals surface area contributed by atoms with E-state index < -0.39 is 10.0 Å². The molecule has 3 N–H and O–H groups in total. The Labute approximate surface area is 161 Å². The number of amides is 1. The van der Waals surface area contributed by atoms with Crippen LogP contribution in [0.15, 0.2) is 33.9 Å². The van der Waals surface area contributed by atoms with Gasteiger partial charge in [-0.2, -0.15) is 0 Å². The molecule has 0 aliphatic carbocycles. The molecule has 0 unspecified atom stereocenters. The lowest BCUT2D eigenvalue weighted by atomic mass is 10.1. The quantitative estimate of drug-likeness (QED) is 0.667. The standard InChI is InChI=1S/C15H19N3O3S3.ClH/c19-15(18-11-3-1-6-16-9-11)14-13(5-8-23-14)24(20,21)17-10-12-4-2-7-22-12;/h2,4-5,7-8,11,16-17H,1,3,6,9-10H2,(H,18,19);1H/t11-;/m0./s1. The van der Waals surface area contributed by atoms with E-state index in [1.54, 1.807) is 5.38 Å². The summed E-state index contributed by atoms with van der Waals surface area (Å²) in [5.74, 6) is -0.324. The second-order valence-electron chi connectivity index (χ2n) is 5.53. The Bertz CT molecular complexity index is 784. The van der Waals surface area contributed by atoms with Crippen molar-refractivity contribution in [3.63, 3.8) is 0 Å². The van der Waals surface area contributed by atoms with Gasteiger partial charge >= 0.3 is 0 Å². The summed E-state index contributed by atoms with van der Waals surface area (Å²) in [5, 5.41) is 9.67. The summed E-state index contributed by atoms with van der Waals surface area (Å²) in [5.41, 5.74) is 0. The van der Waals surface area contributed by atoms with Crippen LogP contribution in [-0.2, 0) is 16.6 Å². The van der Waals surface area contributed by atoms with Crippen molar-refractivity contribution >= 4 is 51.0 Å². The predicted molar refractivity (Wildman–Crippen MR) is 103 cm³/mol. The number of hydrogen-bond acceptors (Lipinski definition) is 6. The molecule has 10 heteroatoms. The zero-order chi connectivity index (χ0) is 17.0. The molecule has 2 aromatic rings. The Morgan fingerprint density at radius 3 is 2.80 bits per heavy atom. The number of carbonyl (C=O) groups is 1. The van der Waals surface area contributed by atoms with E-state index in [4.69, 9.17) is 0 Å². The monoisotopic (exact) mass is 421 g/mol. The van der Waals surface area contributed by atoms with Gasteiger partial charge in [0.05, 0.1) is 0 Å². The van der Waals surface area contributed by atoms with Gasteiger partial charge in [-0.1, -0.05) is 6.07 Å². The molecule has 3 rings (SSSR count). The molecule has 3 heterocycles. The lowest BCUT2D eigenvalue weighted by Gasteiger charge is -2.23. The average molecular weight is 422 g/mol. The van der Waals surface area contributed by atoms with Crippen LogP contribution in [0.3, 0.4) is 0 Å². The maximum atomic E-state index is 12.5. The van der Waals surface area contributed by atoms with Crippen LogP contribution in [0.5, 0.6) is 0 Å². The smallest absolute Gasteiger partial charge is 0.263 e. The first-order valence-electron chi connectivity index (χ1n) is 7.67. The molecule has 6 nitrogen and oxygen atoms in total. The number of sulfonamides is 1. The summed E-state index contributed by atoms with van der Waals surface area (Å²) in [6.07, 6.45) is 1.91. The second kappa shape index (κ2) is 9.11. The number of halogens is 1. The van der Waals surface area contributed by atoms with E-state index in [0.717, 1.165) is 42.1 Å². The zero-order valence-corrected chi connectivity index (χ0v) is 16.6. The Morgan fingerprint density at radius 2 is 2.12 bits per heavy atom. The van der Waals surface area contributed by atoms with Gasteiger partial charge in [0.15, 0.2) is 0 Å². The Hall–Kier alpha value is -0.970. The fourth-order valence-corrected chi connectivity index (χ4v) is 5.63. The van der Waals surface area contributed by atoms with E-state index in [1.807, 2.05) is 17.5 Å². The molecule has 1 fully saturated rings. The molecule has 1 amide bonds. The number of nitrogens with one attached hydrogen (secondary N) is 3. The van der Waals surface area contributed by atoms with E-state index in [0.29, 0.717) is 0 Å². The first-order chi connectivity index (χ1) is 11.6. The molecule has 25 heavy (non-hydrogen) atoms. The van der Waals surface area contributed by atoms with Gasteiger partial charge in [0.2, 0.25) is 10.0 Å². The SMILES string of the molecule is Cl.O=C(N[C@H]1CCCNC1)c1sccc1S(=O)(=O)NCc1cccs1. The van der Waals surface area contributed by atoms with Crippen molar-refractivity contribution < 1.29 is 13.2 Å². The molecule has 1 saturated heterocycles. The van der Waals surface area contributed by atoms with Gasteiger partial charge in [-0.15, -0.1) is 35.1 Å². The molecule has 0 aromatic carbocycles. The highest BCUT2D eigenvalue weighted by molar-refractivity contribution is 7.89. The van der Waals surface area contributed by atoms with Crippen LogP contribution in [0, 0.1) is 0 Å². The summed E-state index contributed by atoms with van der Waals surface area (Å²) in [4.78, 5) is 13.7. The average Bonchev–Trinajstić information content (AvgIpc) is 3.26. The Balaban J connectivity index is 0.00000225. The van der Waals surface area contributed by atoms with Crippen molar-refractivity contribution in [2.24, 2.45) is 0 Å². The minimum absolute atomic E-state index is 0. The van der Waals surface area contributed by atoms with Crippen molar-refractivity contribution in [2.75, 3.05) is 13.1 Å². The lowest BCUT2D eigenvalue weighted by molar-refractivity contribution is 0.0932. The van der Waals surface area contributed by atoms with Gasteiger partial charge in [0, 0.05) is 24.0 Å². The second-order valence-corrected chi connectivity index (χ2v) is 9.22. The van der Waals surface area contributed by atoms with Gasteiger partial charge in [0.25, 0.3) is 5.91 Å². The molecule has 0 saturated carbocycles. The molecule has 0 bridgehead atoms. The van der Waals surface area contributed by atoms with Crippen LogP contribution >= 0.6 is 35.1 Å². The lowest BCUT2D eigenvalue weighted by Crippen LogP contribution is -2.45. The Kier molecular flexibility index (Phi) is 7.41. The maximum Gasteiger partial charge on any atom is 0.263 e. The van der Waals surface area contributed by atoms with Crippen LogP contribution in [0.2, 0.25) is 0 Å². The van der Waals surface area contributed by atoms with Gasteiger partial charge in [-0.25, -0.2) is 13.1 Å². The van der Waals surface area contributed by atoms with Crippen molar-refractivity contribution in [3.05, 3.63) is 38.7 Å². The number of thiophene rings is 2. The normalized spacial score (nSPS) is 17.7.